The molecule has 2 rings (SSSR count). The van der Waals surface area contributed by atoms with E-state index in [0.29, 0.717) is 0 Å². The molecular formula is C16H22FNO3. The molecular weight excluding hydrogens is 273 g/mol. The number of carboxylic acid groups (broad SMARTS) is 1. The third-order valence-electron chi connectivity index (χ3n) is 4.49. The molecule has 0 aliphatic heterocycles. The molecule has 116 valence electrons. The van der Waals surface area contributed by atoms with Crippen LogP contribution in [-0.2, 0) is 9.53 Å². The molecule has 0 saturated heterocycles. The van der Waals surface area contributed by atoms with Gasteiger partial charge in [0, 0.05) is 13.0 Å². The first-order valence-corrected chi connectivity index (χ1v) is 7.29. The quantitative estimate of drug-likeness (QED) is 0.875. The van der Waals surface area contributed by atoms with Crippen LogP contribution < -0.4 is 5.73 Å². The standard InChI is InChI=1S/C16H22FNO3/c1-21-13-8-4-11(5-9-13)14(15(18)16(19)20)10-2-6-12(17)7-3-10/h2-3,6-7,11,13-15H,4-5,8-9,18H2,1H3,(H,19,20)/t11?,13?,14-,15-/m0/s1. The summed E-state index contributed by atoms with van der Waals surface area (Å²) in [5.74, 6) is -1.45. The molecule has 0 unspecified atom stereocenters. The lowest BCUT2D eigenvalue weighted by Crippen LogP contribution is -2.41. The van der Waals surface area contributed by atoms with E-state index in [9.17, 15) is 14.3 Å². The number of nitrogens with two attached hydrogens (primary N) is 1. The normalized spacial score (nSPS) is 25.3. The third-order valence-corrected chi connectivity index (χ3v) is 4.49. The highest BCUT2D eigenvalue weighted by atomic mass is 19.1. The Bertz CT molecular complexity index is 469. The van der Waals surface area contributed by atoms with E-state index in [2.05, 4.69) is 0 Å². The van der Waals surface area contributed by atoms with E-state index >= 15 is 0 Å². The number of halogens is 1. The second-order valence-corrected chi connectivity index (χ2v) is 5.71. The molecule has 0 heterocycles. The summed E-state index contributed by atoms with van der Waals surface area (Å²) in [6.07, 6.45) is 3.82. The Morgan fingerprint density at radius 2 is 1.86 bits per heavy atom. The van der Waals surface area contributed by atoms with Gasteiger partial charge in [-0.05, 0) is 49.3 Å². The van der Waals surface area contributed by atoms with Crippen LogP contribution >= 0.6 is 0 Å². The van der Waals surface area contributed by atoms with Gasteiger partial charge in [-0.15, -0.1) is 0 Å². The van der Waals surface area contributed by atoms with Crippen molar-refractivity contribution in [1.29, 1.82) is 0 Å². The highest BCUT2D eigenvalue weighted by molar-refractivity contribution is 5.74. The molecule has 0 radical (unpaired) electrons. The Morgan fingerprint density at radius 3 is 2.33 bits per heavy atom. The highest BCUT2D eigenvalue weighted by Crippen LogP contribution is 2.38. The van der Waals surface area contributed by atoms with Crippen molar-refractivity contribution in [2.75, 3.05) is 7.11 Å². The lowest BCUT2D eigenvalue weighted by molar-refractivity contribution is -0.139. The van der Waals surface area contributed by atoms with Crippen LogP contribution in [0.3, 0.4) is 0 Å². The number of aliphatic carboxylic acids is 1. The van der Waals surface area contributed by atoms with Gasteiger partial charge in [0.15, 0.2) is 0 Å². The van der Waals surface area contributed by atoms with Gasteiger partial charge in [0.1, 0.15) is 11.9 Å². The number of ether oxygens (including phenoxy) is 1. The van der Waals surface area contributed by atoms with E-state index in [4.69, 9.17) is 10.5 Å². The fourth-order valence-corrected chi connectivity index (χ4v) is 3.29. The predicted molar refractivity (Wildman–Crippen MR) is 77.5 cm³/mol. The lowest BCUT2D eigenvalue weighted by atomic mass is 9.73. The van der Waals surface area contributed by atoms with Crippen molar-refractivity contribution >= 4 is 5.97 Å². The first-order valence-electron chi connectivity index (χ1n) is 7.29. The topological polar surface area (TPSA) is 72.5 Å². The van der Waals surface area contributed by atoms with E-state index in [1.165, 1.54) is 12.1 Å². The molecule has 5 heteroatoms. The highest BCUT2D eigenvalue weighted by Gasteiger charge is 2.35. The van der Waals surface area contributed by atoms with Crippen LogP contribution in [0.25, 0.3) is 0 Å². The Hall–Kier alpha value is -1.46. The van der Waals surface area contributed by atoms with Crippen molar-refractivity contribution in [3.63, 3.8) is 0 Å². The molecule has 1 fully saturated rings. The molecule has 1 aromatic carbocycles. The summed E-state index contributed by atoms with van der Waals surface area (Å²) in [5, 5.41) is 9.27. The minimum Gasteiger partial charge on any atom is -0.480 e. The average molecular weight is 295 g/mol. The van der Waals surface area contributed by atoms with Gasteiger partial charge in [0.25, 0.3) is 0 Å². The molecule has 1 aliphatic rings. The van der Waals surface area contributed by atoms with Crippen molar-refractivity contribution in [2.24, 2.45) is 11.7 Å². The van der Waals surface area contributed by atoms with Crippen molar-refractivity contribution in [1.82, 2.24) is 0 Å². The monoisotopic (exact) mass is 295 g/mol. The Kier molecular flexibility index (Phi) is 5.31. The van der Waals surface area contributed by atoms with E-state index in [1.54, 1.807) is 19.2 Å². The molecule has 21 heavy (non-hydrogen) atoms. The maximum Gasteiger partial charge on any atom is 0.321 e. The molecule has 0 amide bonds. The number of carboxylic acids is 1. The fraction of sp³-hybridized carbons (Fsp3) is 0.562. The number of hydrogen-bond donors (Lipinski definition) is 2. The minimum absolute atomic E-state index is 0.188. The largest absolute Gasteiger partial charge is 0.480 e. The number of hydrogen-bond acceptors (Lipinski definition) is 3. The van der Waals surface area contributed by atoms with Crippen molar-refractivity contribution in [2.45, 2.75) is 43.7 Å². The predicted octanol–water partition coefficient (Wildman–Crippen LogP) is 2.53. The van der Waals surface area contributed by atoms with Crippen LogP contribution in [0.5, 0.6) is 0 Å². The van der Waals surface area contributed by atoms with Gasteiger partial charge >= 0.3 is 5.97 Å². The maximum absolute atomic E-state index is 13.1. The Balaban J connectivity index is 2.20. The smallest absolute Gasteiger partial charge is 0.321 e. The zero-order valence-electron chi connectivity index (χ0n) is 12.2. The fourth-order valence-electron chi connectivity index (χ4n) is 3.29. The van der Waals surface area contributed by atoms with Gasteiger partial charge in [-0.3, -0.25) is 4.79 Å². The summed E-state index contributed by atoms with van der Waals surface area (Å²) in [6.45, 7) is 0. The number of benzene rings is 1. The van der Waals surface area contributed by atoms with Gasteiger partial charge in [0.2, 0.25) is 0 Å². The molecule has 0 aromatic heterocycles. The summed E-state index contributed by atoms with van der Waals surface area (Å²) in [7, 11) is 1.70. The molecule has 0 bridgehead atoms. The molecule has 1 saturated carbocycles. The lowest BCUT2D eigenvalue weighted by Gasteiger charge is -2.35. The Morgan fingerprint density at radius 1 is 1.29 bits per heavy atom. The summed E-state index contributed by atoms with van der Waals surface area (Å²) in [5.41, 5.74) is 6.70. The SMILES string of the molecule is COC1CCC([C@H](c2ccc(F)cc2)[C@H](N)C(=O)O)CC1. The van der Waals surface area contributed by atoms with Crippen LogP contribution in [0.4, 0.5) is 4.39 Å². The maximum atomic E-state index is 13.1. The second-order valence-electron chi connectivity index (χ2n) is 5.71. The molecule has 4 nitrogen and oxygen atoms in total. The summed E-state index contributed by atoms with van der Waals surface area (Å²) >= 11 is 0. The summed E-state index contributed by atoms with van der Waals surface area (Å²) < 4.78 is 18.4. The number of rotatable bonds is 5. The van der Waals surface area contributed by atoms with Gasteiger partial charge in [-0.25, -0.2) is 4.39 Å². The van der Waals surface area contributed by atoms with Crippen molar-refractivity contribution in [3.8, 4) is 0 Å². The Labute approximate surface area is 124 Å². The summed E-state index contributed by atoms with van der Waals surface area (Å²) in [6, 6.07) is 5.03. The molecule has 1 aromatic rings. The zero-order valence-corrected chi connectivity index (χ0v) is 12.2. The van der Waals surface area contributed by atoms with Crippen LogP contribution in [0.1, 0.15) is 37.2 Å². The molecule has 2 atom stereocenters. The van der Waals surface area contributed by atoms with Crippen LogP contribution in [0, 0.1) is 11.7 Å². The van der Waals surface area contributed by atoms with Crippen molar-refractivity contribution in [3.05, 3.63) is 35.6 Å². The third kappa shape index (κ3) is 3.80. The van der Waals surface area contributed by atoms with Gasteiger partial charge < -0.3 is 15.6 Å². The molecule has 3 N–H and O–H groups in total. The first kappa shape index (κ1) is 15.9. The average Bonchev–Trinajstić information content (AvgIpc) is 2.50. The number of methoxy groups -OCH3 is 1. The van der Waals surface area contributed by atoms with Gasteiger partial charge in [-0.2, -0.15) is 0 Å². The van der Waals surface area contributed by atoms with Crippen molar-refractivity contribution < 1.29 is 19.0 Å². The molecule has 0 spiro atoms. The van der Waals surface area contributed by atoms with Crippen LogP contribution in [-0.4, -0.2) is 30.3 Å². The van der Waals surface area contributed by atoms with E-state index in [0.717, 1.165) is 31.2 Å². The van der Waals surface area contributed by atoms with Gasteiger partial charge in [-0.1, -0.05) is 12.1 Å². The molecule has 1 aliphatic carbocycles. The van der Waals surface area contributed by atoms with Crippen LogP contribution in [0.15, 0.2) is 24.3 Å². The number of carbonyl (C=O) groups is 1. The minimum atomic E-state index is -1.02. The first-order chi connectivity index (χ1) is 10.0. The second kappa shape index (κ2) is 7.00. The summed E-state index contributed by atoms with van der Waals surface area (Å²) in [4.78, 5) is 11.3. The van der Waals surface area contributed by atoms with E-state index in [-0.39, 0.29) is 23.8 Å². The van der Waals surface area contributed by atoms with Gasteiger partial charge in [0.05, 0.1) is 6.10 Å². The van der Waals surface area contributed by atoms with E-state index < -0.39 is 12.0 Å². The van der Waals surface area contributed by atoms with Crippen LogP contribution in [0.2, 0.25) is 0 Å². The zero-order chi connectivity index (χ0) is 15.4. The van der Waals surface area contributed by atoms with E-state index in [1.807, 2.05) is 0 Å².